The highest BCUT2D eigenvalue weighted by Crippen LogP contribution is 2.27. The molecule has 2 heterocycles. The summed E-state index contributed by atoms with van der Waals surface area (Å²) >= 11 is 0. The number of nitrogens with zero attached hydrogens (tertiary/aromatic N) is 2. The van der Waals surface area contributed by atoms with Crippen molar-refractivity contribution in [2.75, 3.05) is 0 Å². The van der Waals surface area contributed by atoms with E-state index in [4.69, 9.17) is 4.74 Å². The van der Waals surface area contributed by atoms with Gasteiger partial charge in [0.05, 0.1) is 22.2 Å². The van der Waals surface area contributed by atoms with Crippen LogP contribution < -0.4 is 5.56 Å². The molecule has 0 amide bonds. The fourth-order valence-corrected chi connectivity index (χ4v) is 2.77. The van der Waals surface area contributed by atoms with E-state index in [1.54, 1.807) is 49.4 Å². The van der Waals surface area contributed by atoms with E-state index in [9.17, 15) is 9.59 Å². The second-order valence-corrected chi connectivity index (χ2v) is 5.19. The summed E-state index contributed by atoms with van der Waals surface area (Å²) in [4.78, 5) is 29.7. The molecule has 1 aromatic heterocycles. The summed E-state index contributed by atoms with van der Waals surface area (Å²) in [7, 11) is 0. The second kappa shape index (κ2) is 4.53. The van der Waals surface area contributed by atoms with Crippen LogP contribution in [0.15, 0.2) is 53.3 Å². The number of ether oxygens (including phenoxy) is 1. The van der Waals surface area contributed by atoms with Crippen molar-refractivity contribution < 1.29 is 9.53 Å². The number of carbonyl (C=O) groups is 1. The molecule has 1 aliphatic heterocycles. The van der Waals surface area contributed by atoms with Gasteiger partial charge in [-0.2, -0.15) is 0 Å². The van der Waals surface area contributed by atoms with E-state index in [-0.39, 0.29) is 5.56 Å². The molecule has 2 aromatic carbocycles. The van der Waals surface area contributed by atoms with Gasteiger partial charge < -0.3 is 4.74 Å². The maximum Gasteiger partial charge on any atom is 0.340 e. The van der Waals surface area contributed by atoms with E-state index in [0.29, 0.717) is 28.0 Å². The van der Waals surface area contributed by atoms with Crippen molar-refractivity contribution in [3.63, 3.8) is 0 Å². The number of para-hydroxylation sites is 2. The van der Waals surface area contributed by atoms with Crippen LogP contribution in [0.1, 0.15) is 29.2 Å². The molecule has 3 aromatic rings. The van der Waals surface area contributed by atoms with Gasteiger partial charge in [-0.25, -0.2) is 9.78 Å². The van der Waals surface area contributed by atoms with E-state index in [2.05, 4.69) is 4.98 Å². The van der Waals surface area contributed by atoms with Crippen LogP contribution in [0.4, 0.5) is 0 Å². The van der Waals surface area contributed by atoms with Gasteiger partial charge in [-0.05, 0) is 31.2 Å². The number of carbonyl (C=O) groups excluding carboxylic acids is 1. The van der Waals surface area contributed by atoms with Gasteiger partial charge in [0.2, 0.25) is 0 Å². The first-order valence-electron chi connectivity index (χ1n) is 6.99. The van der Waals surface area contributed by atoms with Crippen molar-refractivity contribution in [1.82, 2.24) is 9.55 Å². The lowest BCUT2D eigenvalue weighted by molar-refractivity contribution is 0.0329. The topological polar surface area (TPSA) is 61.2 Å². The molecule has 5 heteroatoms. The molecular formula is C17H12N2O3. The molecule has 0 bridgehead atoms. The van der Waals surface area contributed by atoms with Crippen LogP contribution in [0.3, 0.4) is 0 Å². The van der Waals surface area contributed by atoms with Crippen molar-refractivity contribution in [2.24, 2.45) is 0 Å². The Kier molecular flexibility index (Phi) is 2.63. The number of hydrogen-bond donors (Lipinski definition) is 0. The van der Waals surface area contributed by atoms with Gasteiger partial charge in [0.15, 0.2) is 11.9 Å². The Morgan fingerprint density at radius 3 is 2.64 bits per heavy atom. The predicted octanol–water partition coefficient (Wildman–Crippen LogP) is 2.62. The van der Waals surface area contributed by atoms with Crippen molar-refractivity contribution in [1.29, 1.82) is 0 Å². The molecule has 0 saturated heterocycles. The summed E-state index contributed by atoms with van der Waals surface area (Å²) in [5.74, 6) is -0.0148. The maximum atomic E-state index is 12.9. The molecule has 22 heavy (non-hydrogen) atoms. The van der Waals surface area contributed by atoms with E-state index < -0.39 is 12.1 Å². The number of cyclic esters (lactones) is 1. The van der Waals surface area contributed by atoms with Gasteiger partial charge >= 0.3 is 5.97 Å². The zero-order chi connectivity index (χ0) is 15.3. The Labute approximate surface area is 125 Å². The van der Waals surface area contributed by atoms with Crippen LogP contribution in [-0.2, 0) is 4.74 Å². The van der Waals surface area contributed by atoms with Crippen molar-refractivity contribution in [3.05, 3.63) is 70.3 Å². The zero-order valence-electron chi connectivity index (χ0n) is 11.8. The Bertz CT molecular complexity index is 975. The number of hydrogen-bond acceptors (Lipinski definition) is 4. The van der Waals surface area contributed by atoms with E-state index in [0.717, 1.165) is 0 Å². The minimum Gasteiger partial charge on any atom is -0.451 e. The lowest BCUT2D eigenvalue weighted by Crippen LogP contribution is -2.24. The third-order valence-corrected chi connectivity index (χ3v) is 3.81. The van der Waals surface area contributed by atoms with Crippen LogP contribution in [-0.4, -0.2) is 15.5 Å². The number of rotatable bonds is 0. The molecule has 0 radical (unpaired) electrons. The van der Waals surface area contributed by atoms with Gasteiger partial charge in [0.1, 0.15) is 0 Å². The molecule has 1 atom stereocenters. The summed E-state index contributed by atoms with van der Waals surface area (Å²) in [6.07, 6.45) is -0.600. The van der Waals surface area contributed by atoms with Gasteiger partial charge in [-0.3, -0.25) is 9.36 Å². The maximum absolute atomic E-state index is 12.9. The molecule has 108 valence electrons. The van der Waals surface area contributed by atoms with Crippen molar-refractivity contribution >= 4 is 16.9 Å². The highest BCUT2D eigenvalue weighted by Gasteiger charge is 2.28. The monoisotopic (exact) mass is 292 g/mol. The van der Waals surface area contributed by atoms with Gasteiger partial charge in [-0.1, -0.05) is 24.3 Å². The third kappa shape index (κ3) is 1.69. The van der Waals surface area contributed by atoms with Gasteiger partial charge in [0.25, 0.3) is 5.56 Å². The third-order valence-electron chi connectivity index (χ3n) is 3.81. The molecule has 5 nitrogen and oxygen atoms in total. The predicted molar refractivity (Wildman–Crippen MR) is 81.2 cm³/mol. The first kappa shape index (κ1) is 12.8. The summed E-state index contributed by atoms with van der Waals surface area (Å²) in [5, 5.41) is 0.516. The molecule has 0 spiro atoms. The summed E-state index contributed by atoms with van der Waals surface area (Å²) in [6, 6.07) is 14.1. The number of aromatic nitrogens is 2. The highest BCUT2D eigenvalue weighted by molar-refractivity contribution is 5.94. The zero-order valence-corrected chi connectivity index (χ0v) is 11.8. The van der Waals surface area contributed by atoms with E-state index >= 15 is 0 Å². The molecule has 1 unspecified atom stereocenters. The summed E-state index contributed by atoms with van der Waals surface area (Å²) < 4.78 is 6.89. The SMILES string of the molecule is CC1OC(=O)c2ccccc2-n2c1nc1ccccc1c2=O. The first-order chi connectivity index (χ1) is 10.7. The van der Waals surface area contributed by atoms with E-state index in [1.165, 1.54) is 4.57 Å². The minimum atomic E-state index is -0.600. The van der Waals surface area contributed by atoms with Crippen LogP contribution in [0.5, 0.6) is 0 Å². The molecule has 0 fully saturated rings. The number of benzene rings is 2. The average Bonchev–Trinajstić information content (AvgIpc) is 2.64. The quantitative estimate of drug-likeness (QED) is 0.598. The Morgan fingerprint density at radius 2 is 1.77 bits per heavy atom. The summed E-state index contributed by atoms with van der Waals surface area (Å²) in [5.41, 5.74) is 1.28. The van der Waals surface area contributed by atoms with E-state index in [1.807, 2.05) is 6.07 Å². The number of esters is 1. The molecule has 0 aliphatic carbocycles. The second-order valence-electron chi connectivity index (χ2n) is 5.19. The van der Waals surface area contributed by atoms with Crippen LogP contribution >= 0.6 is 0 Å². The minimum absolute atomic E-state index is 0.196. The number of fused-ring (bicyclic) bond motifs is 4. The van der Waals surface area contributed by atoms with Crippen LogP contribution in [0, 0.1) is 0 Å². The molecule has 0 N–H and O–H groups in total. The largest absolute Gasteiger partial charge is 0.451 e. The lowest BCUT2D eigenvalue weighted by atomic mass is 10.1. The fourth-order valence-electron chi connectivity index (χ4n) is 2.77. The van der Waals surface area contributed by atoms with Gasteiger partial charge in [0, 0.05) is 0 Å². The average molecular weight is 292 g/mol. The smallest absolute Gasteiger partial charge is 0.340 e. The Hall–Kier alpha value is -2.95. The van der Waals surface area contributed by atoms with Crippen LogP contribution in [0.25, 0.3) is 16.6 Å². The Morgan fingerprint density at radius 1 is 1.05 bits per heavy atom. The first-order valence-corrected chi connectivity index (χ1v) is 6.99. The van der Waals surface area contributed by atoms with Crippen molar-refractivity contribution in [3.8, 4) is 5.69 Å². The van der Waals surface area contributed by atoms with Gasteiger partial charge in [-0.15, -0.1) is 0 Å². The molecule has 0 saturated carbocycles. The van der Waals surface area contributed by atoms with Crippen LogP contribution in [0.2, 0.25) is 0 Å². The normalized spacial score (nSPS) is 16.6. The Balaban J connectivity index is 2.20. The summed E-state index contributed by atoms with van der Waals surface area (Å²) in [6.45, 7) is 1.72. The highest BCUT2D eigenvalue weighted by atomic mass is 16.5. The lowest BCUT2D eigenvalue weighted by Gasteiger charge is -2.14. The molecular weight excluding hydrogens is 280 g/mol. The standard InChI is InChI=1S/C17H12N2O3/c1-10-15-18-13-8-4-2-6-11(13)16(20)19(15)14-9-5-3-7-12(14)17(21)22-10/h2-10H,1H3. The van der Waals surface area contributed by atoms with Crippen molar-refractivity contribution in [2.45, 2.75) is 13.0 Å². The molecule has 1 aliphatic rings. The molecule has 4 rings (SSSR count). The fraction of sp³-hybridized carbons (Fsp3) is 0.118.